The molecule has 1 amide bonds. The minimum absolute atomic E-state index is 0.00218. The molecule has 0 unspecified atom stereocenters. The van der Waals surface area contributed by atoms with E-state index in [1.807, 2.05) is 18.2 Å². The van der Waals surface area contributed by atoms with Gasteiger partial charge in [-0.2, -0.15) is 4.31 Å². The fraction of sp³-hybridized carbons (Fsp3) is 0.562. The Bertz CT molecular complexity index is 711. The van der Waals surface area contributed by atoms with Crippen LogP contribution in [0.5, 0.6) is 11.5 Å². The van der Waals surface area contributed by atoms with Crippen LogP contribution in [-0.2, 0) is 21.2 Å². The molecule has 0 saturated carbocycles. The summed E-state index contributed by atoms with van der Waals surface area (Å²) in [5, 5.41) is 0. The van der Waals surface area contributed by atoms with Gasteiger partial charge in [0.2, 0.25) is 15.9 Å². The number of nitrogens with zero attached hydrogens (tertiary/aromatic N) is 2. The number of piperazine rings is 1. The summed E-state index contributed by atoms with van der Waals surface area (Å²) in [6.07, 6.45) is 2.31. The van der Waals surface area contributed by atoms with E-state index in [1.165, 1.54) is 10.6 Å². The lowest BCUT2D eigenvalue weighted by Gasteiger charge is -2.33. The van der Waals surface area contributed by atoms with Gasteiger partial charge in [0.05, 0.1) is 25.9 Å². The summed E-state index contributed by atoms with van der Waals surface area (Å²) in [5.41, 5.74) is 0.870. The van der Waals surface area contributed by atoms with Crippen LogP contribution >= 0.6 is 0 Å². The molecule has 0 atom stereocenters. The van der Waals surface area contributed by atoms with Crippen molar-refractivity contribution in [3.8, 4) is 11.5 Å². The lowest BCUT2D eigenvalue weighted by Crippen LogP contribution is -2.50. The summed E-state index contributed by atoms with van der Waals surface area (Å²) in [6.45, 7) is 2.80. The SMILES string of the molecule is CS(=O)(=O)N1CCN(C(=O)Cc2ccc3c(c2)OCCCO3)CC1. The van der Waals surface area contributed by atoms with Crippen molar-refractivity contribution in [2.75, 3.05) is 45.6 Å². The average molecular weight is 354 g/mol. The van der Waals surface area contributed by atoms with Crippen molar-refractivity contribution >= 4 is 15.9 Å². The van der Waals surface area contributed by atoms with Crippen LogP contribution in [0, 0.1) is 0 Å². The second-order valence-corrected chi connectivity index (χ2v) is 8.03. The molecule has 1 saturated heterocycles. The van der Waals surface area contributed by atoms with Crippen LogP contribution in [0.1, 0.15) is 12.0 Å². The molecule has 24 heavy (non-hydrogen) atoms. The van der Waals surface area contributed by atoms with Crippen LogP contribution in [-0.4, -0.2) is 69.2 Å². The molecule has 8 heteroatoms. The molecule has 0 spiro atoms. The van der Waals surface area contributed by atoms with Gasteiger partial charge in [-0.15, -0.1) is 0 Å². The normalized spacial score (nSPS) is 19.0. The maximum absolute atomic E-state index is 12.4. The van der Waals surface area contributed by atoms with Gasteiger partial charge in [0.25, 0.3) is 0 Å². The topological polar surface area (TPSA) is 76.2 Å². The average Bonchev–Trinajstić information content (AvgIpc) is 2.79. The van der Waals surface area contributed by atoms with Gasteiger partial charge in [-0.3, -0.25) is 4.79 Å². The van der Waals surface area contributed by atoms with Crippen molar-refractivity contribution in [2.24, 2.45) is 0 Å². The lowest BCUT2D eigenvalue weighted by atomic mass is 10.1. The van der Waals surface area contributed by atoms with E-state index >= 15 is 0 Å². The van der Waals surface area contributed by atoms with Crippen molar-refractivity contribution in [3.05, 3.63) is 23.8 Å². The van der Waals surface area contributed by atoms with E-state index in [4.69, 9.17) is 9.47 Å². The Labute approximate surface area is 142 Å². The monoisotopic (exact) mass is 354 g/mol. The van der Waals surface area contributed by atoms with E-state index in [2.05, 4.69) is 0 Å². The predicted molar refractivity (Wildman–Crippen MR) is 88.7 cm³/mol. The minimum atomic E-state index is -3.18. The Morgan fingerprint density at radius 2 is 1.75 bits per heavy atom. The van der Waals surface area contributed by atoms with E-state index in [1.54, 1.807) is 4.90 Å². The van der Waals surface area contributed by atoms with Crippen LogP contribution in [0.15, 0.2) is 18.2 Å². The van der Waals surface area contributed by atoms with Crippen molar-refractivity contribution in [1.29, 1.82) is 0 Å². The Morgan fingerprint density at radius 1 is 1.08 bits per heavy atom. The molecule has 2 aliphatic heterocycles. The summed E-state index contributed by atoms with van der Waals surface area (Å²) in [6, 6.07) is 5.56. The van der Waals surface area contributed by atoms with Gasteiger partial charge in [0, 0.05) is 32.6 Å². The number of hydrogen-bond acceptors (Lipinski definition) is 5. The third kappa shape index (κ3) is 3.99. The Hall–Kier alpha value is -1.80. The van der Waals surface area contributed by atoms with Crippen LogP contribution in [0.4, 0.5) is 0 Å². The van der Waals surface area contributed by atoms with Gasteiger partial charge in [0.15, 0.2) is 11.5 Å². The molecule has 0 radical (unpaired) electrons. The zero-order valence-corrected chi connectivity index (χ0v) is 14.5. The number of rotatable bonds is 3. The molecule has 0 aromatic heterocycles. The van der Waals surface area contributed by atoms with Gasteiger partial charge in [0.1, 0.15) is 0 Å². The van der Waals surface area contributed by atoms with Crippen LogP contribution in [0.25, 0.3) is 0 Å². The second-order valence-electron chi connectivity index (χ2n) is 6.05. The Kier molecular flexibility index (Phi) is 4.96. The van der Waals surface area contributed by atoms with Crippen molar-refractivity contribution in [2.45, 2.75) is 12.8 Å². The number of sulfonamides is 1. The summed E-state index contributed by atoms with van der Waals surface area (Å²) >= 11 is 0. The van der Waals surface area contributed by atoms with E-state index < -0.39 is 10.0 Å². The number of fused-ring (bicyclic) bond motifs is 1. The van der Waals surface area contributed by atoms with E-state index in [0.717, 1.165) is 12.0 Å². The molecule has 7 nitrogen and oxygen atoms in total. The van der Waals surface area contributed by atoms with E-state index in [-0.39, 0.29) is 12.3 Å². The molecule has 132 valence electrons. The quantitative estimate of drug-likeness (QED) is 0.790. The predicted octanol–water partition coefficient (Wildman–Crippen LogP) is 0.494. The maximum Gasteiger partial charge on any atom is 0.227 e. The molecule has 1 aromatic rings. The molecule has 1 aromatic carbocycles. The number of ether oxygens (including phenoxy) is 2. The molecular weight excluding hydrogens is 332 g/mol. The first-order valence-electron chi connectivity index (χ1n) is 8.05. The number of hydrogen-bond donors (Lipinski definition) is 0. The zero-order valence-electron chi connectivity index (χ0n) is 13.7. The van der Waals surface area contributed by atoms with Crippen LogP contribution < -0.4 is 9.47 Å². The highest BCUT2D eigenvalue weighted by Gasteiger charge is 2.26. The Morgan fingerprint density at radius 3 is 2.42 bits per heavy atom. The molecule has 2 aliphatic rings. The highest BCUT2D eigenvalue weighted by molar-refractivity contribution is 7.88. The van der Waals surface area contributed by atoms with E-state index in [0.29, 0.717) is 50.9 Å². The smallest absolute Gasteiger partial charge is 0.227 e. The van der Waals surface area contributed by atoms with Gasteiger partial charge in [-0.1, -0.05) is 6.07 Å². The number of carbonyl (C=O) groups is 1. The molecule has 1 fully saturated rings. The summed E-state index contributed by atoms with van der Waals surface area (Å²) in [7, 11) is -3.18. The third-order valence-corrected chi connectivity index (χ3v) is 5.53. The van der Waals surface area contributed by atoms with Crippen molar-refractivity contribution in [3.63, 3.8) is 0 Å². The lowest BCUT2D eigenvalue weighted by molar-refractivity contribution is -0.131. The zero-order chi connectivity index (χ0) is 17.2. The van der Waals surface area contributed by atoms with E-state index in [9.17, 15) is 13.2 Å². The molecule has 2 heterocycles. The maximum atomic E-state index is 12.4. The summed E-state index contributed by atoms with van der Waals surface area (Å²) in [4.78, 5) is 14.2. The molecule has 0 bridgehead atoms. The fourth-order valence-electron chi connectivity index (χ4n) is 2.87. The highest BCUT2D eigenvalue weighted by Crippen LogP contribution is 2.30. The number of benzene rings is 1. The first-order chi connectivity index (χ1) is 11.4. The standard InChI is InChI=1S/C16H22N2O5S/c1-24(20,21)18-7-5-17(6-8-18)16(19)12-13-3-4-14-15(11-13)23-10-2-9-22-14/h3-4,11H,2,5-10,12H2,1H3. The minimum Gasteiger partial charge on any atom is -0.490 e. The molecule has 3 rings (SSSR count). The van der Waals surface area contributed by atoms with Gasteiger partial charge in [-0.05, 0) is 17.7 Å². The van der Waals surface area contributed by atoms with Gasteiger partial charge >= 0.3 is 0 Å². The van der Waals surface area contributed by atoms with Crippen LogP contribution in [0.3, 0.4) is 0 Å². The largest absolute Gasteiger partial charge is 0.490 e. The molecule has 0 aliphatic carbocycles. The second kappa shape index (κ2) is 6.98. The van der Waals surface area contributed by atoms with Crippen LogP contribution in [0.2, 0.25) is 0 Å². The van der Waals surface area contributed by atoms with Crippen molar-refractivity contribution in [1.82, 2.24) is 9.21 Å². The number of amides is 1. The summed E-state index contributed by atoms with van der Waals surface area (Å²) < 4.78 is 35.7. The third-order valence-electron chi connectivity index (χ3n) is 4.23. The first kappa shape index (κ1) is 17.0. The molecule has 0 N–H and O–H groups in total. The van der Waals surface area contributed by atoms with Crippen molar-refractivity contribution < 1.29 is 22.7 Å². The van der Waals surface area contributed by atoms with Gasteiger partial charge in [-0.25, -0.2) is 8.42 Å². The molecular formula is C16H22N2O5S. The Balaban J connectivity index is 1.60. The fourth-order valence-corrected chi connectivity index (χ4v) is 3.70. The number of carbonyl (C=O) groups excluding carboxylic acids is 1. The highest BCUT2D eigenvalue weighted by atomic mass is 32.2. The summed E-state index contributed by atoms with van der Waals surface area (Å²) in [5.74, 6) is 1.39. The first-order valence-corrected chi connectivity index (χ1v) is 9.90. The van der Waals surface area contributed by atoms with Gasteiger partial charge < -0.3 is 14.4 Å².